The second-order valence-electron chi connectivity index (χ2n) is 7.83. The van der Waals surface area contributed by atoms with Crippen molar-refractivity contribution in [3.8, 4) is 11.6 Å². The number of fused-ring (bicyclic) bond motifs is 1. The van der Waals surface area contributed by atoms with Crippen LogP contribution >= 0.6 is 0 Å². The van der Waals surface area contributed by atoms with Crippen LogP contribution in [0, 0.1) is 0 Å². The Balaban J connectivity index is 1.39. The molecule has 1 fully saturated rings. The smallest absolute Gasteiger partial charge is 0.222 e. The summed E-state index contributed by atoms with van der Waals surface area (Å²) in [5.74, 6) is 3.47. The van der Waals surface area contributed by atoms with Gasteiger partial charge in [0.25, 0.3) is 0 Å². The molecule has 0 atom stereocenters. The topological polar surface area (TPSA) is 104 Å². The normalized spacial score (nSPS) is 15.5. The highest BCUT2D eigenvalue weighted by molar-refractivity contribution is 5.95. The van der Waals surface area contributed by atoms with Crippen molar-refractivity contribution in [3.63, 3.8) is 0 Å². The zero-order valence-electron chi connectivity index (χ0n) is 16.9. The Morgan fingerprint density at radius 3 is 2.90 bits per heavy atom. The maximum absolute atomic E-state index is 5.87. The Bertz CT molecular complexity index is 1250. The first-order chi connectivity index (χ1) is 14.5. The Labute approximate surface area is 173 Å². The molecule has 0 radical (unpaired) electrons. The number of rotatable bonds is 5. The molecule has 1 aliphatic rings. The fraction of sp³-hybridized carbons (Fsp3) is 0.273. The first-order valence-electron chi connectivity index (χ1n) is 9.87. The lowest BCUT2D eigenvalue weighted by molar-refractivity contribution is 0.361. The third-order valence-corrected chi connectivity index (χ3v) is 5.51. The lowest BCUT2D eigenvalue weighted by Gasteiger charge is -2.07. The highest BCUT2D eigenvalue weighted by Crippen LogP contribution is 2.48. The van der Waals surface area contributed by atoms with Crippen LogP contribution in [0.2, 0.25) is 0 Å². The van der Waals surface area contributed by atoms with Crippen LogP contribution in [0.3, 0.4) is 0 Å². The molecular formula is C22H22N6O2. The van der Waals surface area contributed by atoms with E-state index in [1.807, 2.05) is 48.0 Å². The third-order valence-electron chi connectivity index (χ3n) is 5.51. The molecule has 0 unspecified atom stereocenters. The molecule has 30 heavy (non-hydrogen) atoms. The van der Waals surface area contributed by atoms with Crippen LogP contribution in [0.4, 0.5) is 5.82 Å². The maximum atomic E-state index is 5.87. The van der Waals surface area contributed by atoms with Crippen LogP contribution in [0.1, 0.15) is 38.1 Å². The van der Waals surface area contributed by atoms with Gasteiger partial charge in [0.15, 0.2) is 5.82 Å². The molecule has 1 aromatic carbocycles. The van der Waals surface area contributed by atoms with Gasteiger partial charge < -0.3 is 19.6 Å². The van der Waals surface area contributed by atoms with Gasteiger partial charge in [0.1, 0.15) is 23.7 Å². The van der Waals surface area contributed by atoms with Crippen molar-refractivity contribution in [2.24, 2.45) is 10.7 Å². The van der Waals surface area contributed by atoms with Gasteiger partial charge in [-0.05, 0) is 44.0 Å². The van der Waals surface area contributed by atoms with Crippen LogP contribution in [0.25, 0.3) is 10.9 Å². The van der Waals surface area contributed by atoms with Crippen LogP contribution < -0.4 is 10.5 Å². The second kappa shape index (κ2) is 7.07. The molecule has 1 aliphatic carbocycles. The summed E-state index contributed by atoms with van der Waals surface area (Å²) < 4.78 is 13.4. The fourth-order valence-corrected chi connectivity index (χ4v) is 3.39. The van der Waals surface area contributed by atoms with Gasteiger partial charge in [0.05, 0.1) is 11.2 Å². The molecule has 0 saturated heterocycles. The highest BCUT2D eigenvalue weighted by Gasteiger charge is 2.42. The lowest BCUT2D eigenvalue weighted by atomic mass is 10.1. The molecule has 1 saturated carbocycles. The van der Waals surface area contributed by atoms with Gasteiger partial charge in [-0.1, -0.05) is 12.1 Å². The summed E-state index contributed by atoms with van der Waals surface area (Å²) in [5, 5.41) is 5.14. The molecule has 0 spiro atoms. The summed E-state index contributed by atoms with van der Waals surface area (Å²) in [6.07, 6.45) is 5.71. The Morgan fingerprint density at radius 2 is 2.10 bits per heavy atom. The van der Waals surface area contributed by atoms with E-state index in [1.165, 1.54) is 6.33 Å². The third kappa shape index (κ3) is 3.46. The summed E-state index contributed by atoms with van der Waals surface area (Å²) in [6.45, 7) is 4.48. The Kier molecular flexibility index (Phi) is 4.36. The molecular weight excluding hydrogens is 380 g/mol. The lowest BCUT2D eigenvalue weighted by Crippen LogP contribution is -2.05. The molecule has 0 aliphatic heterocycles. The average Bonchev–Trinajstić information content (AvgIpc) is 3.15. The molecule has 2 N–H and O–H groups in total. The summed E-state index contributed by atoms with van der Waals surface area (Å²) in [7, 11) is 0. The summed E-state index contributed by atoms with van der Waals surface area (Å²) in [6, 6.07) is 11.6. The van der Waals surface area contributed by atoms with Gasteiger partial charge in [-0.25, -0.2) is 15.0 Å². The number of ether oxygens (including phenoxy) is 1. The van der Waals surface area contributed by atoms with Crippen molar-refractivity contribution in [1.82, 2.24) is 19.7 Å². The molecule has 0 amide bonds. The van der Waals surface area contributed by atoms with Crippen molar-refractivity contribution in [1.29, 1.82) is 0 Å². The highest BCUT2D eigenvalue weighted by atomic mass is 16.5. The number of aromatic nitrogens is 4. The van der Waals surface area contributed by atoms with Gasteiger partial charge in [-0.3, -0.25) is 0 Å². The maximum Gasteiger partial charge on any atom is 0.222 e. The number of hydrogen-bond acceptors (Lipinski definition) is 7. The van der Waals surface area contributed by atoms with E-state index in [4.69, 9.17) is 15.0 Å². The van der Waals surface area contributed by atoms with Crippen molar-refractivity contribution >= 4 is 22.6 Å². The number of hydrogen-bond donors (Lipinski definition) is 1. The second-order valence-corrected chi connectivity index (χ2v) is 7.83. The molecule has 3 aromatic heterocycles. The molecule has 8 nitrogen and oxygen atoms in total. The van der Waals surface area contributed by atoms with E-state index in [-0.39, 0.29) is 5.41 Å². The van der Waals surface area contributed by atoms with Crippen LogP contribution in [-0.4, -0.2) is 25.5 Å². The number of nitrogens with two attached hydrogens (primary N) is 1. The standard InChI is InChI=1S/C22H22N6O2/c1-14(26-20-11-19(30-27-20)22(2)6-7-22)28-8-5-15-9-17(3-4-18(15)28)29-21-10-16(12-23)24-13-25-21/h3-5,8-11,13H,6-7,12,23H2,1-2H3. The molecule has 5 rings (SSSR count). The van der Waals surface area contributed by atoms with Crippen LogP contribution in [0.15, 0.2) is 58.4 Å². The predicted octanol–water partition coefficient (Wildman–Crippen LogP) is 4.32. The number of aliphatic imine (C=N–C) groups is 1. The monoisotopic (exact) mass is 402 g/mol. The van der Waals surface area contributed by atoms with Crippen molar-refractivity contribution in [2.75, 3.05) is 0 Å². The molecule has 4 aromatic rings. The number of nitrogens with zero attached hydrogens (tertiary/aromatic N) is 5. The summed E-state index contributed by atoms with van der Waals surface area (Å²) in [4.78, 5) is 12.9. The van der Waals surface area contributed by atoms with E-state index in [9.17, 15) is 0 Å². The van der Waals surface area contributed by atoms with Gasteiger partial charge in [0.2, 0.25) is 5.88 Å². The minimum absolute atomic E-state index is 0.139. The first-order valence-corrected chi connectivity index (χ1v) is 9.87. The van der Waals surface area contributed by atoms with Crippen LogP contribution in [-0.2, 0) is 12.0 Å². The summed E-state index contributed by atoms with van der Waals surface area (Å²) >= 11 is 0. The van der Waals surface area contributed by atoms with E-state index in [1.54, 1.807) is 6.07 Å². The fourth-order valence-electron chi connectivity index (χ4n) is 3.39. The van der Waals surface area contributed by atoms with E-state index in [0.717, 1.165) is 41.0 Å². The van der Waals surface area contributed by atoms with Crippen molar-refractivity contribution in [2.45, 2.75) is 38.6 Å². The minimum Gasteiger partial charge on any atom is -0.439 e. The van der Waals surface area contributed by atoms with E-state index < -0.39 is 0 Å². The SMILES string of the molecule is CC(=Nc1cc(C2(C)CC2)on1)n1ccc2cc(Oc3cc(CN)ncn3)ccc21. The quantitative estimate of drug-likeness (QED) is 0.394. The Hall–Kier alpha value is -3.52. The number of benzene rings is 1. The molecule has 8 heteroatoms. The van der Waals surface area contributed by atoms with E-state index in [2.05, 4.69) is 27.0 Å². The average molecular weight is 402 g/mol. The minimum atomic E-state index is 0.139. The van der Waals surface area contributed by atoms with Crippen molar-refractivity contribution in [3.05, 3.63) is 60.4 Å². The van der Waals surface area contributed by atoms with Gasteiger partial charge in [0, 0.05) is 35.7 Å². The predicted molar refractivity (Wildman–Crippen MR) is 113 cm³/mol. The van der Waals surface area contributed by atoms with Crippen molar-refractivity contribution < 1.29 is 9.26 Å². The molecule has 0 bridgehead atoms. The van der Waals surface area contributed by atoms with Gasteiger partial charge in [-0.2, -0.15) is 0 Å². The Morgan fingerprint density at radius 1 is 1.23 bits per heavy atom. The van der Waals surface area contributed by atoms with Crippen LogP contribution in [0.5, 0.6) is 11.6 Å². The van der Waals surface area contributed by atoms with E-state index in [0.29, 0.717) is 24.0 Å². The molecule has 3 heterocycles. The van der Waals surface area contributed by atoms with E-state index >= 15 is 0 Å². The zero-order valence-corrected chi connectivity index (χ0v) is 16.9. The first kappa shape index (κ1) is 18.5. The zero-order chi connectivity index (χ0) is 20.7. The van der Waals surface area contributed by atoms with Gasteiger partial charge >= 0.3 is 0 Å². The summed E-state index contributed by atoms with van der Waals surface area (Å²) in [5.41, 5.74) is 7.51. The molecule has 152 valence electrons. The van der Waals surface area contributed by atoms with Gasteiger partial charge in [-0.15, -0.1) is 0 Å². The largest absolute Gasteiger partial charge is 0.439 e.